The summed E-state index contributed by atoms with van der Waals surface area (Å²) in [5.74, 6) is -0.495. The molecule has 8 heteroatoms. The number of nitrogens with zero attached hydrogens (tertiary/aromatic N) is 1. The van der Waals surface area contributed by atoms with Crippen molar-refractivity contribution in [3.63, 3.8) is 0 Å². The summed E-state index contributed by atoms with van der Waals surface area (Å²) in [6.07, 6.45) is 0.959. The summed E-state index contributed by atoms with van der Waals surface area (Å²) in [5, 5.41) is 1.04. The van der Waals surface area contributed by atoms with Crippen molar-refractivity contribution in [2.45, 2.75) is 71.8 Å². The average Bonchev–Trinajstić information content (AvgIpc) is 2.79. The Morgan fingerprint density at radius 3 is 2.30 bits per heavy atom. The van der Waals surface area contributed by atoms with Crippen LogP contribution in [-0.4, -0.2) is 49.9 Å². The van der Waals surface area contributed by atoms with Crippen LogP contribution in [0, 0.1) is 16.7 Å². The molecular formula is C19H30N2O5S. The van der Waals surface area contributed by atoms with Gasteiger partial charge in [-0.3, -0.25) is 4.79 Å². The summed E-state index contributed by atoms with van der Waals surface area (Å²) in [4.78, 5) is 13.8. The lowest BCUT2D eigenvalue weighted by molar-refractivity contribution is -0.174. The van der Waals surface area contributed by atoms with Gasteiger partial charge in [0.1, 0.15) is 5.60 Å². The second-order valence-electron chi connectivity index (χ2n) is 9.39. The van der Waals surface area contributed by atoms with Crippen molar-refractivity contribution < 1.29 is 22.7 Å². The first-order chi connectivity index (χ1) is 12.1. The number of carbonyl (C=O) groups excluding carboxylic acids is 1. The van der Waals surface area contributed by atoms with Gasteiger partial charge in [-0.05, 0) is 46.1 Å². The summed E-state index contributed by atoms with van der Waals surface area (Å²) >= 11 is 0. The highest BCUT2D eigenvalue weighted by atomic mass is 32.2. The topological polar surface area (TPSA) is 108 Å². The molecule has 1 aliphatic heterocycles. The third-order valence-electron chi connectivity index (χ3n) is 6.27. The highest BCUT2D eigenvalue weighted by Gasteiger charge is 2.85. The fourth-order valence-electron chi connectivity index (χ4n) is 5.13. The summed E-state index contributed by atoms with van der Waals surface area (Å²) in [7, 11) is -3.70. The van der Waals surface area contributed by atoms with Gasteiger partial charge in [-0.15, -0.1) is 0 Å². The van der Waals surface area contributed by atoms with Gasteiger partial charge < -0.3 is 15.2 Å². The predicted molar refractivity (Wildman–Crippen MR) is 103 cm³/mol. The summed E-state index contributed by atoms with van der Waals surface area (Å²) in [5.41, 5.74) is 3.37. The number of sulfonamides is 1. The number of nitrogens with two attached hydrogens (primary N) is 1. The monoisotopic (exact) mass is 398 g/mol. The predicted octanol–water partition coefficient (Wildman–Crippen LogP) is 1.82. The van der Waals surface area contributed by atoms with Gasteiger partial charge in [-0.1, -0.05) is 13.8 Å². The van der Waals surface area contributed by atoms with Gasteiger partial charge in [0.2, 0.25) is 0 Å². The van der Waals surface area contributed by atoms with Crippen LogP contribution in [0.25, 0.3) is 0 Å². The lowest BCUT2D eigenvalue weighted by Gasteiger charge is -2.46. The van der Waals surface area contributed by atoms with Gasteiger partial charge in [-0.25, -0.2) is 0 Å². The van der Waals surface area contributed by atoms with Crippen LogP contribution < -0.4 is 5.73 Å². The first-order valence-electron chi connectivity index (χ1n) is 9.31. The molecule has 0 aromatic heterocycles. The van der Waals surface area contributed by atoms with Crippen LogP contribution in [0.2, 0.25) is 0 Å². The molecule has 2 saturated carbocycles. The standard InChI is InChI=1S/C19H30N2O5S/c1-8-25-18(7)14(20)12(26-16(2,3)4)13-17(5,6)19(13,15(18)22)11-9-10-27(23,24)21-11/h9-10,12-14H,8,20H2,1-7H3. The molecule has 0 amide bonds. The highest BCUT2D eigenvalue weighted by molar-refractivity contribution is 7.93. The van der Waals surface area contributed by atoms with Gasteiger partial charge in [0.15, 0.2) is 5.78 Å². The number of carbonyl (C=O) groups is 1. The molecule has 1 heterocycles. The van der Waals surface area contributed by atoms with Crippen LogP contribution in [-0.2, 0) is 24.3 Å². The Kier molecular flexibility index (Phi) is 4.37. The van der Waals surface area contributed by atoms with E-state index < -0.39 is 44.2 Å². The van der Waals surface area contributed by atoms with Gasteiger partial charge in [0, 0.05) is 12.5 Å². The first kappa shape index (κ1) is 20.6. The van der Waals surface area contributed by atoms with Crippen LogP contribution in [0.5, 0.6) is 0 Å². The molecule has 0 saturated heterocycles. The van der Waals surface area contributed by atoms with Crippen molar-refractivity contribution >= 4 is 21.5 Å². The lowest BCUT2D eigenvalue weighted by atomic mass is 9.70. The molecule has 0 radical (unpaired) electrons. The molecular weight excluding hydrogens is 368 g/mol. The molecule has 2 fully saturated rings. The van der Waals surface area contributed by atoms with Gasteiger partial charge in [0.25, 0.3) is 10.0 Å². The van der Waals surface area contributed by atoms with Crippen molar-refractivity contribution in [1.82, 2.24) is 0 Å². The fourth-order valence-corrected chi connectivity index (χ4v) is 5.97. The van der Waals surface area contributed by atoms with Crippen molar-refractivity contribution in [2.24, 2.45) is 26.9 Å². The summed E-state index contributed by atoms with van der Waals surface area (Å²) < 4.78 is 40.0. The van der Waals surface area contributed by atoms with Crippen molar-refractivity contribution in [1.29, 1.82) is 0 Å². The lowest BCUT2D eigenvalue weighted by Crippen LogP contribution is -2.67. The zero-order chi connectivity index (χ0) is 20.6. The molecule has 27 heavy (non-hydrogen) atoms. The van der Waals surface area contributed by atoms with Crippen LogP contribution in [0.3, 0.4) is 0 Å². The molecule has 152 valence electrons. The van der Waals surface area contributed by atoms with Gasteiger partial charge >= 0.3 is 0 Å². The Hall–Kier alpha value is -1.09. The molecule has 2 N–H and O–H groups in total. The summed E-state index contributed by atoms with van der Waals surface area (Å²) in [6, 6.07) is -0.674. The van der Waals surface area contributed by atoms with E-state index in [4.69, 9.17) is 15.2 Å². The third-order valence-corrected chi connectivity index (χ3v) is 7.20. The Morgan fingerprint density at radius 1 is 1.26 bits per heavy atom. The zero-order valence-corrected chi connectivity index (χ0v) is 17.9. The van der Waals surface area contributed by atoms with Crippen LogP contribution in [0.15, 0.2) is 15.9 Å². The first-order valence-corrected chi connectivity index (χ1v) is 10.8. The molecule has 3 aliphatic rings. The number of allylic oxidation sites excluding steroid dienone is 1. The van der Waals surface area contributed by atoms with E-state index in [-0.39, 0.29) is 17.4 Å². The van der Waals surface area contributed by atoms with E-state index >= 15 is 0 Å². The Labute approximate surface area is 161 Å². The number of ether oxygens (including phenoxy) is 2. The second kappa shape index (κ2) is 5.72. The van der Waals surface area contributed by atoms with E-state index in [2.05, 4.69) is 4.40 Å². The largest absolute Gasteiger partial charge is 0.371 e. The normalized spacial score (nSPS) is 42.0. The Bertz CT molecular complexity index is 839. The molecule has 0 bridgehead atoms. The van der Waals surface area contributed by atoms with E-state index in [9.17, 15) is 13.2 Å². The van der Waals surface area contributed by atoms with Crippen molar-refractivity contribution in [3.05, 3.63) is 11.5 Å². The number of hydrogen-bond acceptors (Lipinski definition) is 6. The highest BCUT2D eigenvalue weighted by Crippen LogP contribution is 2.76. The molecule has 5 atom stereocenters. The van der Waals surface area contributed by atoms with E-state index in [1.807, 2.05) is 34.6 Å². The van der Waals surface area contributed by atoms with Crippen LogP contribution in [0.1, 0.15) is 48.5 Å². The molecule has 2 aliphatic carbocycles. The number of ketones is 1. The Morgan fingerprint density at radius 2 is 1.85 bits per heavy atom. The number of fused-ring (bicyclic) bond motifs is 1. The molecule has 5 unspecified atom stereocenters. The van der Waals surface area contributed by atoms with Gasteiger partial charge in [-0.2, -0.15) is 12.8 Å². The minimum Gasteiger partial charge on any atom is -0.371 e. The molecule has 7 nitrogen and oxygen atoms in total. The van der Waals surface area contributed by atoms with Crippen LogP contribution in [0.4, 0.5) is 0 Å². The quantitative estimate of drug-likeness (QED) is 0.774. The third kappa shape index (κ3) is 2.68. The maximum absolute atomic E-state index is 13.8. The van der Waals surface area contributed by atoms with Crippen molar-refractivity contribution in [3.8, 4) is 0 Å². The summed E-state index contributed by atoms with van der Waals surface area (Å²) in [6.45, 7) is 13.5. The Balaban J connectivity index is 2.20. The molecule has 3 rings (SSSR count). The van der Waals surface area contributed by atoms with E-state index in [1.54, 1.807) is 13.8 Å². The van der Waals surface area contributed by atoms with E-state index in [0.29, 0.717) is 6.61 Å². The maximum atomic E-state index is 13.8. The average molecular weight is 399 g/mol. The number of rotatable bonds is 4. The molecule has 0 spiro atoms. The smallest absolute Gasteiger partial charge is 0.275 e. The number of hydrogen-bond donors (Lipinski definition) is 1. The number of Topliss-reactive ketones (excluding diaryl/α,β-unsaturated/α-hetero) is 1. The fraction of sp³-hybridized carbons (Fsp3) is 0.789. The van der Waals surface area contributed by atoms with E-state index in [0.717, 1.165) is 5.41 Å². The van der Waals surface area contributed by atoms with E-state index in [1.165, 1.54) is 6.08 Å². The minimum absolute atomic E-state index is 0.214. The molecule has 0 aromatic carbocycles. The zero-order valence-electron chi connectivity index (χ0n) is 17.1. The van der Waals surface area contributed by atoms with Crippen molar-refractivity contribution in [2.75, 3.05) is 6.61 Å². The van der Waals surface area contributed by atoms with Crippen LogP contribution >= 0.6 is 0 Å². The minimum atomic E-state index is -3.70. The second-order valence-corrected chi connectivity index (χ2v) is 10.9. The SMILES string of the molecule is CCOC1(C)C(=O)C2(C3=NS(=O)(=O)C=C3)C(C(OC(C)(C)C)C1N)C2(C)C. The molecule has 0 aromatic rings. The maximum Gasteiger partial charge on any atom is 0.275 e. The van der Waals surface area contributed by atoms with Gasteiger partial charge in [0.05, 0.1) is 34.3 Å².